The van der Waals surface area contributed by atoms with E-state index in [2.05, 4.69) is 10.6 Å². The number of nitrogens with one attached hydrogen (secondary N) is 2. The topological polar surface area (TPSA) is 95.5 Å². The molecule has 0 fully saturated rings. The highest BCUT2D eigenvalue weighted by Gasteiger charge is 2.20. The minimum atomic E-state index is -1.07. The van der Waals surface area contributed by atoms with Crippen LogP contribution >= 0.6 is 11.3 Å². The van der Waals surface area contributed by atoms with Crippen LogP contribution in [0.1, 0.15) is 36.9 Å². The third-order valence-electron chi connectivity index (χ3n) is 2.45. The van der Waals surface area contributed by atoms with Crippen LogP contribution in [0.4, 0.5) is 5.69 Å². The standard InChI is InChI=1S/C13H18N2O4S/c1-13(2,3)12(19)14-6-4-9(16)15-8-5-7-20-10(8)11(17)18/h5,7H,4,6H2,1-3H3,(H,14,19)(H,15,16)(H,17,18). The Hall–Kier alpha value is -1.89. The maximum absolute atomic E-state index is 11.7. The van der Waals surface area contributed by atoms with Gasteiger partial charge in [0.1, 0.15) is 4.88 Å². The Morgan fingerprint density at radius 2 is 1.95 bits per heavy atom. The van der Waals surface area contributed by atoms with E-state index in [-0.39, 0.29) is 35.3 Å². The van der Waals surface area contributed by atoms with Crippen molar-refractivity contribution in [2.75, 3.05) is 11.9 Å². The maximum atomic E-state index is 11.7. The van der Waals surface area contributed by atoms with E-state index in [1.807, 2.05) is 0 Å². The van der Waals surface area contributed by atoms with Crippen molar-refractivity contribution in [3.63, 3.8) is 0 Å². The molecule has 7 heteroatoms. The van der Waals surface area contributed by atoms with Gasteiger partial charge < -0.3 is 15.7 Å². The summed E-state index contributed by atoms with van der Waals surface area (Å²) < 4.78 is 0. The Bertz CT molecular complexity index is 517. The first kappa shape index (κ1) is 16.2. The Morgan fingerprint density at radius 1 is 1.30 bits per heavy atom. The van der Waals surface area contributed by atoms with Gasteiger partial charge in [-0.05, 0) is 11.4 Å². The Kier molecular flexibility index (Phi) is 5.26. The first-order chi connectivity index (χ1) is 9.21. The minimum Gasteiger partial charge on any atom is -0.477 e. The van der Waals surface area contributed by atoms with Gasteiger partial charge in [-0.25, -0.2) is 4.79 Å². The minimum absolute atomic E-state index is 0.0940. The van der Waals surface area contributed by atoms with Gasteiger partial charge in [-0.1, -0.05) is 20.8 Å². The van der Waals surface area contributed by atoms with Crippen molar-refractivity contribution in [3.05, 3.63) is 16.3 Å². The summed E-state index contributed by atoms with van der Waals surface area (Å²) in [7, 11) is 0. The highest BCUT2D eigenvalue weighted by Crippen LogP contribution is 2.22. The summed E-state index contributed by atoms with van der Waals surface area (Å²) >= 11 is 1.05. The second-order valence-electron chi connectivity index (χ2n) is 5.27. The van der Waals surface area contributed by atoms with Crippen LogP contribution in [0.25, 0.3) is 0 Å². The molecule has 0 aliphatic heterocycles. The summed E-state index contributed by atoms with van der Waals surface area (Å²) in [5, 5.41) is 15.7. The quantitative estimate of drug-likeness (QED) is 0.774. The van der Waals surface area contributed by atoms with Crippen LogP contribution in [0.3, 0.4) is 0 Å². The average Bonchev–Trinajstić information content (AvgIpc) is 2.75. The fourth-order valence-corrected chi connectivity index (χ4v) is 2.03. The zero-order valence-corrected chi connectivity index (χ0v) is 12.5. The van der Waals surface area contributed by atoms with Crippen LogP contribution in [0.5, 0.6) is 0 Å². The lowest BCUT2D eigenvalue weighted by molar-refractivity contribution is -0.128. The van der Waals surface area contributed by atoms with Gasteiger partial charge in [0.2, 0.25) is 11.8 Å². The van der Waals surface area contributed by atoms with E-state index in [0.717, 1.165) is 11.3 Å². The van der Waals surface area contributed by atoms with Crippen LogP contribution in [0.15, 0.2) is 11.4 Å². The third-order valence-corrected chi connectivity index (χ3v) is 3.35. The zero-order chi connectivity index (χ0) is 15.3. The number of carbonyl (C=O) groups excluding carboxylic acids is 2. The average molecular weight is 298 g/mol. The first-order valence-corrected chi connectivity index (χ1v) is 6.98. The molecule has 0 radical (unpaired) electrons. The number of amides is 2. The van der Waals surface area contributed by atoms with Gasteiger partial charge in [-0.2, -0.15) is 0 Å². The summed E-state index contributed by atoms with van der Waals surface area (Å²) in [4.78, 5) is 34.2. The molecule has 0 atom stereocenters. The predicted octanol–water partition coefficient (Wildman–Crippen LogP) is 1.94. The van der Waals surface area contributed by atoms with Gasteiger partial charge in [0.25, 0.3) is 0 Å². The van der Waals surface area contributed by atoms with Crippen molar-refractivity contribution in [2.24, 2.45) is 5.41 Å². The molecule has 0 saturated heterocycles. The number of aromatic carboxylic acids is 1. The van der Waals surface area contributed by atoms with E-state index in [1.165, 1.54) is 0 Å². The van der Waals surface area contributed by atoms with Crippen LogP contribution in [-0.4, -0.2) is 29.4 Å². The predicted molar refractivity (Wildman–Crippen MR) is 77.0 cm³/mol. The number of anilines is 1. The number of thiophene rings is 1. The van der Waals surface area contributed by atoms with Crippen molar-refractivity contribution >= 4 is 34.8 Å². The van der Waals surface area contributed by atoms with Crippen LogP contribution in [-0.2, 0) is 9.59 Å². The van der Waals surface area contributed by atoms with E-state index < -0.39 is 11.4 Å². The number of hydrogen-bond donors (Lipinski definition) is 3. The summed E-state index contributed by atoms with van der Waals surface area (Å²) in [6.45, 7) is 5.57. The molecule has 0 unspecified atom stereocenters. The molecule has 3 N–H and O–H groups in total. The lowest BCUT2D eigenvalue weighted by atomic mass is 9.96. The molecule has 1 aromatic heterocycles. The number of carboxylic acids is 1. The summed E-state index contributed by atoms with van der Waals surface area (Å²) in [5.74, 6) is -1.54. The molecule has 1 heterocycles. The summed E-state index contributed by atoms with van der Waals surface area (Å²) in [5.41, 5.74) is -0.213. The normalized spacial score (nSPS) is 10.9. The number of carbonyl (C=O) groups is 3. The molecule has 0 bridgehead atoms. The SMILES string of the molecule is CC(C)(C)C(=O)NCCC(=O)Nc1ccsc1C(=O)O. The third kappa shape index (κ3) is 4.65. The summed E-state index contributed by atoms with van der Waals surface area (Å²) in [6.07, 6.45) is 0.0940. The summed E-state index contributed by atoms with van der Waals surface area (Å²) in [6, 6.07) is 1.54. The van der Waals surface area contributed by atoms with E-state index in [0.29, 0.717) is 0 Å². The smallest absolute Gasteiger partial charge is 0.348 e. The van der Waals surface area contributed by atoms with E-state index in [9.17, 15) is 14.4 Å². The second-order valence-corrected chi connectivity index (χ2v) is 6.19. The maximum Gasteiger partial charge on any atom is 0.348 e. The fraction of sp³-hybridized carbons (Fsp3) is 0.462. The molecule has 0 saturated carbocycles. The second kappa shape index (κ2) is 6.51. The van der Waals surface area contributed by atoms with Gasteiger partial charge in [0.05, 0.1) is 5.69 Å². The molecule has 2 amide bonds. The molecule has 110 valence electrons. The van der Waals surface area contributed by atoms with E-state index in [4.69, 9.17) is 5.11 Å². The molecular formula is C13H18N2O4S. The largest absolute Gasteiger partial charge is 0.477 e. The lowest BCUT2D eigenvalue weighted by Crippen LogP contribution is -2.36. The Balaban J connectivity index is 2.43. The van der Waals surface area contributed by atoms with Gasteiger partial charge in [-0.15, -0.1) is 11.3 Å². The molecule has 0 aliphatic rings. The number of carboxylic acid groups (broad SMARTS) is 1. The Morgan fingerprint density at radius 3 is 2.50 bits per heavy atom. The molecule has 0 aromatic carbocycles. The highest BCUT2D eigenvalue weighted by molar-refractivity contribution is 7.12. The van der Waals surface area contributed by atoms with Gasteiger partial charge in [0.15, 0.2) is 0 Å². The van der Waals surface area contributed by atoms with Crippen molar-refractivity contribution in [2.45, 2.75) is 27.2 Å². The van der Waals surface area contributed by atoms with Crippen molar-refractivity contribution < 1.29 is 19.5 Å². The van der Waals surface area contributed by atoms with Crippen molar-refractivity contribution in [3.8, 4) is 0 Å². The lowest BCUT2D eigenvalue weighted by Gasteiger charge is -2.17. The van der Waals surface area contributed by atoms with Crippen molar-refractivity contribution in [1.82, 2.24) is 5.32 Å². The molecule has 1 aromatic rings. The molecule has 0 aliphatic carbocycles. The molecule has 20 heavy (non-hydrogen) atoms. The number of hydrogen-bond acceptors (Lipinski definition) is 4. The first-order valence-electron chi connectivity index (χ1n) is 6.10. The van der Waals surface area contributed by atoms with Gasteiger partial charge >= 0.3 is 5.97 Å². The van der Waals surface area contributed by atoms with Crippen LogP contribution in [0, 0.1) is 5.41 Å². The van der Waals surface area contributed by atoms with Crippen LogP contribution < -0.4 is 10.6 Å². The fourth-order valence-electron chi connectivity index (χ4n) is 1.34. The monoisotopic (exact) mass is 298 g/mol. The van der Waals surface area contributed by atoms with Crippen molar-refractivity contribution in [1.29, 1.82) is 0 Å². The van der Waals surface area contributed by atoms with Crippen LogP contribution in [0.2, 0.25) is 0 Å². The molecule has 1 rings (SSSR count). The van der Waals surface area contributed by atoms with Gasteiger partial charge in [0, 0.05) is 18.4 Å². The molecular weight excluding hydrogens is 280 g/mol. The van der Waals surface area contributed by atoms with E-state index in [1.54, 1.807) is 32.2 Å². The molecule has 6 nitrogen and oxygen atoms in total. The Labute approximate surface area is 121 Å². The van der Waals surface area contributed by atoms with E-state index >= 15 is 0 Å². The molecule has 0 spiro atoms. The van der Waals surface area contributed by atoms with Gasteiger partial charge in [-0.3, -0.25) is 9.59 Å². The zero-order valence-electron chi connectivity index (χ0n) is 11.6. The number of rotatable bonds is 5. The highest BCUT2D eigenvalue weighted by atomic mass is 32.1.